The van der Waals surface area contributed by atoms with Crippen molar-refractivity contribution in [3.05, 3.63) is 0 Å². The van der Waals surface area contributed by atoms with Crippen LogP contribution >= 0.6 is 0 Å². The molecule has 0 aromatic heterocycles. The van der Waals surface area contributed by atoms with Gasteiger partial charge in [0.1, 0.15) is 0 Å². The molecule has 0 spiro atoms. The third-order valence-corrected chi connectivity index (χ3v) is 3.30. The summed E-state index contributed by atoms with van der Waals surface area (Å²) < 4.78 is 0. The molecule has 0 aromatic rings. The fraction of sp³-hybridized carbons (Fsp3) is 0.857. The van der Waals surface area contributed by atoms with E-state index in [-0.39, 0.29) is 17.5 Å². The van der Waals surface area contributed by atoms with Gasteiger partial charge < -0.3 is 0 Å². The molecule has 1 aliphatic rings. The van der Waals surface area contributed by atoms with Gasteiger partial charge in [-0.25, -0.2) is 0 Å². The van der Waals surface area contributed by atoms with E-state index in [4.69, 9.17) is 0 Å². The number of ketones is 2. The molecule has 2 heteroatoms. The van der Waals surface area contributed by atoms with Gasteiger partial charge >= 0.3 is 0 Å². The average Bonchev–Trinajstić information content (AvgIpc) is 2.11. The van der Waals surface area contributed by atoms with Crippen molar-refractivity contribution in [2.45, 2.75) is 53.4 Å². The number of rotatable bonds is 4. The van der Waals surface area contributed by atoms with Gasteiger partial charge in [0.2, 0.25) is 5.78 Å². The lowest BCUT2D eigenvalue weighted by Gasteiger charge is -2.29. The highest BCUT2D eigenvalue weighted by Crippen LogP contribution is 2.32. The Morgan fingerprint density at radius 2 is 1.62 bits per heavy atom. The quantitative estimate of drug-likeness (QED) is 0.687. The van der Waals surface area contributed by atoms with Crippen LogP contribution in [0.25, 0.3) is 0 Å². The lowest BCUT2D eigenvalue weighted by atomic mass is 9.74. The van der Waals surface area contributed by atoms with Crippen LogP contribution in [0.5, 0.6) is 0 Å². The van der Waals surface area contributed by atoms with Gasteiger partial charge in [-0.15, -0.1) is 0 Å². The first-order valence-electron chi connectivity index (χ1n) is 6.47. The number of carbonyl (C=O) groups is 2. The molecule has 1 rings (SSSR count). The summed E-state index contributed by atoms with van der Waals surface area (Å²) in [6, 6.07) is 0. The molecular formula is C14H24O2. The van der Waals surface area contributed by atoms with Gasteiger partial charge in [0, 0.05) is 12.3 Å². The molecule has 0 unspecified atom stereocenters. The van der Waals surface area contributed by atoms with Gasteiger partial charge in [-0.2, -0.15) is 0 Å². The molecule has 0 saturated heterocycles. The molecule has 92 valence electrons. The van der Waals surface area contributed by atoms with Crippen molar-refractivity contribution in [2.24, 2.45) is 23.7 Å². The van der Waals surface area contributed by atoms with Crippen LogP contribution in [0.15, 0.2) is 0 Å². The summed E-state index contributed by atoms with van der Waals surface area (Å²) in [6.07, 6.45) is 3.37. The standard InChI is InChI=1S/C14H24O2/c1-9(2)5-11-7-12(6-10(3)4)14(16)13(15)8-11/h9-12H,5-8H2,1-4H3/t11-,12+/m1/s1. The lowest BCUT2D eigenvalue weighted by Crippen LogP contribution is -2.34. The number of Topliss-reactive ketones (excluding diaryl/α,β-unsaturated/α-hetero) is 2. The maximum absolute atomic E-state index is 11.7. The predicted octanol–water partition coefficient (Wildman–Crippen LogP) is 3.24. The highest BCUT2D eigenvalue weighted by atomic mass is 16.2. The third-order valence-electron chi connectivity index (χ3n) is 3.30. The van der Waals surface area contributed by atoms with Crippen LogP contribution in [-0.2, 0) is 9.59 Å². The van der Waals surface area contributed by atoms with Crippen LogP contribution in [0, 0.1) is 23.7 Å². The zero-order valence-electron chi connectivity index (χ0n) is 11.0. The SMILES string of the molecule is CC(C)C[C@H]1CC(=O)C(=O)[C@@H](CC(C)C)C1. The summed E-state index contributed by atoms with van der Waals surface area (Å²) in [6.45, 7) is 8.59. The smallest absolute Gasteiger partial charge is 0.201 e. The molecule has 2 nitrogen and oxygen atoms in total. The van der Waals surface area contributed by atoms with Crippen LogP contribution in [0.4, 0.5) is 0 Å². The topological polar surface area (TPSA) is 34.1 Å². The molecule has 1 aliphatic carbocycles. The van der Waals surface area contributed by atoms with Gasteiger partial charge in [-0.1, -0.05) is 27.7 Å². The maximum Gasteiger partial charge on any atom is 0.201 e. The second-order valence-electron chi connectivity index (χ2n) is 6.05. The first-order chi connectivity index (χ1) is 7.40. The molecule has 0 bridgehead atoms. The zero-order valence-corrected chi connectivity index (χ0v) is 11.0. The summed E-state index contributed by atoms with van der Waals surface area (Å²) in [4.78, 5) is 23.4. The van der Waals surface area contributed by atoms with Crippen molar-refractivity contribution in [1.82, 2.24) is 0 Å². The molecule has 2 atom stereocenters. The van der Waals surface area contributed by atoms with Crippen molar-refractivity contribution in [2.75, 3.05) is 0 Å². The molecular weight excluding hydrogens is 200 g/mol. The fourth-order valence-corrected chi connectivity index (χ4v) is 2.80. The van der Waals surface area contributed by atoms with Crippen molar-refractivity contribution in [3.8, 4) is 0 Å². The van der Waals surface area contributed by atoms with Crippen LogP contribution in [-0.4, -0.2) is 11.6 Å². The highest BCUT2D eigenvalue weighted by molar-refractivity contribution is 6.38. The molecule has 0 aliphatic heterocycles. The molecule has 0 N–H and O–H groups in total. The van der Waals surface area contributed by atoms with Crippen molar-refractivity contribution in [3.63, 3.8) is 0 Å². The van der Waals surface area contributed by atoms with Crippen LogP contribution in [0.3, 0.4) is 0 Å². The summed E-state index contributed by atoms with van der Waals surface area (Å²) in [7, 11) is 0. The minimum absolute atomic E-state index is 0.00463. The summed E-state index contributed by atoms with van der Waals surface area (Å²) in [5.41, 5.74) is 0. The van der Waals surface area contributed by atoms with E-state index >= 15 is 0 Å². The number of hydrogen-bond donors (Lipinski definition) is 0. The number of hydrogen-bond acceptors (Lipinski definition) is 2. The molecule has 0 heterocycles. The Morgan fingerprint density at radius 3 is 2.12 bits per heavy atom. The molecule has 1 fully saturated rings. The van der Waals surface area contributed by atoms with Crippen molar-refractivity contribution in [1.29, 1.82) is 0 Å². The van der Waals surface area contributed by atoms with E-state index in [1.165, 1.54) is 0 Å². The Kier molecular flexibility index (Phi) is 4.69. The first kappa shape index (κ1) is 13.4. The largest absolute Gasteiger partial charge is 0.291 e. The Morgan fingerprint density at radius 1 is 1.06 bits per heavy atom. The van der Waals surface area contributed by atoms with E-state index in [9.17, 15) is 9.59 Å². The van der Waals surface area contributed by atoms with Gasteiger partial charge in [-0.05, 0) is 37.0 Å². The number of carbonyl (C=O) groups excluding carboxylic acids is 2. The van der Waals surface area contributed by atoms with Crippen LogP contribution in [0.1, 0.15) is 53.4 Å². The summed E-state index contributed by atoms with van der Waals surface area (Å²) >= 11 is 0. The molecule has 16 heavy (non-hydrogen) atoms. The Hall–Kier alpha value is -0.660. The molecule has 0 radical (unpaired) electrons. The summed E-state index contributed by atoms with van der Waals surface area (Å²) in [5.74, 6) is 1.33. The Bertz CT molecular complexity index is 266. The monoisotopic (exact) mass is 224 g/mol. The van der Waals surface area contributed by atoms with Gasteiger partial charge in [0.15, 0.2) is 5.78 Å². The molecule has 0 amide bonds. The zero-order chi connectivity index (χ0) is 12.3. The van der Waals surface area contributed by atoms with Gasteiger partial charge in [0.25, 0.3) is 0 Å². The van der Waals surface area contributed by atoms with E-state index in [1.54, 1.807) is 0 Å². The second kappa shape index (κ2) is 5.60. The van der Waals surface area contributed by atoms with E-state index in [0.717, 1.165) is 19.3 Å². The van der Waals surface area contributed by atoms with Crippen molar-refractivity contribution >= 4 is 11.6 Å². The summed E-state index contributed by atoms with van der Waals surface area (Å²) in [5, 5.41) is 0. The highest BCUT2D eigenvalue weighted by Gasteiger charge is 2.35. The average molecular weight is 224 g/mol. The molecule has 1 saturated carbocycles. The van der Waals surface area contributed by atoms with Gasteiger partial charge in [-0.3, -0.25) is 9.59 Å². The minimum atomic E-state index is -0.123. The molecule has 0 aromatic carbocycles. The van der Waals surface area contributed by atoms with E-state index in [0.29, 0.717) is 24.2 Å². The lowest BCUT2D eigenvalue weighted by molar-refractivity contribution is -0.142. The third kappa shape index (κ3) is 3.73. The minimum Gasteiger partial charge on any atom is -0.291 e. The Balaban J connectivity index is 2.61. The maximum atomic E-state index is 11.7. The van der Waals surface area contributed by atoms with Crippen LogP contribution < -0.4 is 0 Å². The van der Waals surface area contributed by atoms with Crippen LogP contribution in [0.2, 0.25) is 0 Å². The van der Waals surface area contributed by atoms with E-state index in [2.05, 4.69) is 27.7 Å². The fourth-order valence-electron chi connectivity index (χ4n) is 2.80. The van der Waals surface area contributed by atoms with Gasteiger partial charge in [0.05, 0.1) is 0 Å². The Labute approximate surface area is 98.8 Å². The first-order valence-corrected chi connectivity index (χ1v) is 6.47. The van der Waals surface area contributed by atoms with Crippen molar-refractivity contribution < 1.29 is 9.59 Å². The van der Waals surface area contributed by atoms with E-state index in [1.807, 2.05) is 0 Å². The normalized spacial score (nSPS) is 26.9. The second-order valence-corrected chi connectivity index (χ2v) is 6.05. The predicted molar refractivity (Wildman–Crippen MR) is 65.1 cm³/mol. The van der Waals surface area contributed by atoms with E-state index < -0.39 is 0 Å².